The molecule has 0 saturated heterocycles. The van der Waals surface area contributed by atoms with Gasteiger partial charge in [0, 0.05) is 19.3 Å². The Hall–Kier alpha value is -2.89. The van der Waals surface area contributed by atoms with Gasteiger partial charge in [-0.1, -0.05) is 236 Å². The van der Waals surface area contributed by atoms with E-state index < -0.39 is 6.10 Å². The lowest BCUT2D eigenvalue weighted by molar-refractivity contribution is -0.167. The lowest BCUT2D eigenvalue weighted by Crippen LogP contribution is -2.30. The molecule has 0 heterocycles. The van der Waals surface area contributed by atoms with E-state index >= 15 is 0 Å². The molecule has 0 aromatic carbocycles. The molecule has 0 rings (SSSR count). The van der Waals surface area contributed by atoms with Gasteiger partial charge < -0.3 is 14.2 Å². The summed E-state index contributed by atoms with van der Waals surface area (Å²) in [6, 6.07) is 0. The molecule has 0 bridgehead atoms. The van der Waals surface area contributed by atoms with E-state index in [1.54, 1.807) is 0 Å². The van der Waals surface area contributed by atoms with E-state index in [0.717, 1.165) is 70.6 Å². The molecule has 6 nitrogen and oxygen atoms in total. The number of hydrogen-bond donors (Lipinski definition) is 0. The first-order valence-electron chi connectivity index (χ1n) is 29.3. The van der Waals surface area contributed by atoms with E-state index in [4.69, 9.17) is 14.2 Å². The van der Waals surface area contributed by atoms with Crippen LogP contribution in [0.1, 0.15) is 297 Å². The Morgan fingerprint density at radius 1 is 0.294 bits per heavy atom. The molecule has 6 heteroatoms. The summed E-state index contributed by atoms with van der Waals surface area (Å²) < 4.78 is 16.8. The highest BCUT2D eigenvalue weighted by Gasteiger charge is 2.19. The van der Waals surface area contributed by atoms with Crippen LogP contribution < -0.4 is 0 Å². The largest absolute Gasteiger partial charge is 0.462 e. The van der Waals surface area contributed by atoms with Crippen LogP contribution >= 0.6 is 0 Å². The van der Waals surface area contributed by atoms with Gasteiger partial charge in [0.15, 0.2) is 6.10 Å². The van der Waals surface area contributed by atoms with E-state index in [1.165, 1.54) is 180 Å². The third-order valence-electron chi connectivity index (χ3n) is 12.7. The highest BCUT2D eigenvalue weighted by atomic mass is 16.6. The van der Waals surface area contributed by atoms with Gasteiger partial charge in [0.05, 0.1) is 0 Å². The van der Waals surface area contributed by atoms with Crippen LogP contribution in [0, 0.1) is 0 Å². The van der Waals surface area contributed by atoms with E-state index in [0.29, 0.717) is 19.3 Å². The minimum absolute atomic E-state index is 0.100. The molecule has 0 N–H and O–H groups in total. The number of esters is 3. The minimum atomic E-state index is -0.808. The number of ether oxygens (including phenoxy) is 3. The monoisotopic (exact) mass is 951 g/mol. The second kappa shape index (κ2) is 56.7. The normalized spacial score (nSPS) is 12.5. The number of unbranched alkanes of at least 4 members (excludes halogenated alkanes) is 32. The predicted octanol–water partition coefficient (Wildman–Crippen LogP) is 19.6. The molecule has 0 aliphatic carbocycles. The van der Waals surface area contributed by atoms with Crippen molar-refractivity contribution in [3.63, 3.8) is 0 Å². The Balaban J connectivity index is 4.44. The first-order chi connectivity index (χ1) is 33.5. The van der Waals surface area contributed by atoms with E-state index in [2.05, 4.69) is 81.5 Å². The van der Waals surface area contributed by atoms with Crippen LogP contribution in [0.2, 0.25) is 0 Å². The summed E-state index contributed by atoms with van der Waals surface area (Å²) in [5.74, 6) is -0.963. The maximum Gasteiger partial charge on any atom is 0.306 e. The van der Waals surface area contributed by atoms with Crippen LogP contribution in [-0.2, 0) is 28.6 Å². The number of carbonyl (C=O) groups is 3. The summed E-state index contributed by atoms with van der Waals surface area (Å²) in [6.07, 6.45) is 70.8. The van der Waals surface area contributed by atoms with E-state index in [9.17, 15) is 14.4 Å². The van der Waals surface area contributed by atoms with Gasteiger partial charge in [-0.3, -0.25) is 14.4 Å². The molecule has 1 unspecified atom stereocenters. The third kappa shape index (κ3) is 54.1. The molecule has 0 amide bonds. The lowest BCUT2D eigenvalue weighted by Gasteiger charge is -2.18. The molecule has 0 fully saturated rings. The van der Waals surface area contributed by atoms with Gasteiger partial charge >= 0.3 is 17.9 Å². The fourth-order valence-corrected chi connectivity index (χ4v) is 8.27. The second-order valence-corrected chi connectivity index (χ2v) is 19.5. The number of carbonyl (C=O) groups excluding carboxylic acids is 3. The molecule has 0 aliphatic heterocycles. The fraction of sp³-hybridized carbons (Fsp3) is 0.790. The lowest BCUT2D eigenvalue weighted by atomic mass is 10.1. The number of allylic oxidation sites excluding steroid dienone is 10. The van der Waals surface area contributed by atoms with Gasteiger partial charge in [-0.05, 0) is 103 Å². The van der Waals surface area contributed by atoms with Crippen molar-refractivity contribution in [1.82, 2.24) is 0 Å². The third-order valence-corrected chi connectivity index (χ3v) is 12.7. The molecule has 1 atom stereocenters. The van der Waals surface area contributed by atoms with Gasteiger partial charge in [-0.2, -0.15) is 0 Å². The SMILES string of the molecule is CCCCCCCC/C=C\C/C=C\C/C=C\CCCC(=O)OC(COC(=O)CCCCC/C=C\CCCCCCCCC)COC(=O)CCCCCCCCC/C=C\CCCCCCCCCC. The first-order valence-corrected chi connectivity index (χ1v) is 29.3. The van der Waals surface area contributed by atoms with Crippen LogP contribution in [0.25, 0.3) is 0 Å². The number of hydrogen-bond acceptors (Lipinski definition) is 6. The van der Waals surface area contributed by atoms with E-state index in [-0.39, 0.29) is 37.5 Å². The number of rotatable bonds is 53. The Labute approximate surface area is 421 Å². The van der Waals surface area contributed by atoms with Crippen molar-refractivity contribution >= 4 is 17.9 Å². The smallest absolute Gasteiger partial charge is 0.306 e. The van der Waals surface area contributed by atoms with Crippen LogP contribution in [0.5, 0.6) is 0 Å². The maximum absolute atomic E-state index is 12.8. The minimum Gasteiger partial charge on any atom is -0.462 e. The zero-order valence-corrected chi connectivity index (χ0v) is 45.1. The zero-order valence-electron chi connectivity index (χ0n) is 45.1. The summed E-state index contributed by atoms with van der Waals surface area (Å²) in [5, 5.41) is 0. The molecule has 0 aromatic rings. The first kappa shape index (κ1) is 65.1. The van der Waals surface area contributed by atoms with Crippen molar-refractivity contribution in [3.8, 4) is 0 Å². The molecular formula is C62H110O6. The Morgan fingerprint density at radius 3 is 0.897 bits per heavy atom. The standard InChI is InChI=1S/C62H110O6/c1-4-7-10-13-16-19-22-25-28-30-31-33-34-37-40-43-46-49-52-55-61(64)67-58-59(57-66-60(63)54-51-48-45-42-39-36-27-24-21-18-15-12-9-6-3)68-62(65)56-53-50-47-44-41-38-35-32-29-26-23-20-17-14-11-8-5-2/h26,29-31,35-36,38-39,44,47,59H,4-25,27-28,32-34,37,40-43,45-46,48-58H2,1-3H3/b29-26-,31-30-,38-35-,39-36-,47-44-. The van der Waals surface area contributed by atoms with Crippen molar-refractivity contribution in [2.24, 2.45) is 0 Å². The molecule has 0 radical (unpaired) electrons. The van der Waals surface area contributed by atoms with Crippen molar-refractivity contribution in [2.45, 2.75) is 303 Å². The van der Waals surface area contributed by atoms with Gasteiger partial charge in [0.25, 0.3) is 0 Å². The van der Waals surface area contributed by atoms with Crippen LogP contribution in [0.15, 0.2) is 60.8 Å². The summed E-state index contributed by atoms with van der Waals surface area (Å²) in [4.78, 5) is 38.1. The average Bonchev–Trinajstić information content (AvgIpc) is 3.34. The van der Waals surface area contributed by atoms with E-state index in [1.807, 2.05) is 0 Å². The predicted molar refractivity (Wildman–Crippen MR) is 293 cm³/mol. The summed E-state index contributed by atoms with van der Waals surface area (Å²) in [5.41, 5.74) is 0. The second-order valence-electron chi connectivity index (χ2n) is 19.5. The average molecular weight is 952 g/mol. The zero-order chi connectivity index (χ0) is 49.3. The Kier molecular flexibility index (Phi) is 54.3. The van der Waals surface area contributed by atoms with Gasteiger partial charge in [-0.25, -0.2) is 0 Å². The van der Waals surface area contributed by atoms with Crippen LogP contribution in [0.4, 0.5) is 0 Å². The van der Waals surface area contributed by atoms with Crippen molar-refractivity contribution < 1.29 is 28.6 Å². The molecule has 0 spiro atoms. The molecule has 0 aliphatic rings. The maximum atomic E-state index is 12.8. The van der Waals surface area contributed by atoms with Crippen LogP contribution in [0.3, 0.4) is 0 Å². The van der Waals surface area contributed by atoms with Crippen molar-refractivity contribution in [2.75, 3.05) is 13.2 Å². The Bertz CT molecular complexity index is 1230. The fourth-order valence-electron chi connectivity index (χ4n) is 8.27. The summed E-state index contributed by atoms with van der Waals surface area (Å²) in [7, 11) is 0. The highest BCUT2D eigenvalue weighted by molar-refractivity contribution is 5.71. The summed E-state index contributed by atoms with van der Waals surface area (Å²) in [6.45, 7) is 6.59. The van der Waals surface area contributed by atoms with Crippen molar-refractivity contribution in [3.05, 3.63) is 60.8 Å². The summed E-state index contributed by atoms with van der Waals surface area (Å²) >= 11 is 0. The molecule has 394 valence electrons. The van der Waals surface area contributed by atoms with Crippen LogP contribution in [-0.4, -0.2) is 37.2 Å². The quantitative estimate of drug-likeness (QED) is 0.0262. The van der Waals surface area contributed by atoms with Gasteiger partial charge in [0.2, 0.25) is 0 Å². The van der Waals surface area contributed by atoms with Gasteiger partial charge in [0.1, 0.15) is 13.2 Å². The molecular weight excluding hydrogens is 841 g/mol. The van der Waals surface area contributed by atoms with Crippen molar-refractivity contribution in [1.29, 1.82) is 0 Å². The highest BCUT2D eigenvalue weighted by Crippen LogP contribution is 2.15. The van der Waals surface area contributed by atoms with Gasteiger partial charge in [-0.15, -0.1) is 0 Å². The molecule has 0 saturated carbocycles. The topological polar surface area (TPSA) is 78.9 Å². The Morgan fingerprint density at radius 2 is 0.544 bits per heavy atom. The molecule has 68 heavy (non-hydrogen) atoms. The molecule has 0 aromatic heterocycles.